The molecule has 5 heteroatoms. The fraction of sp³-hybridized carbons (Fsp3) is 0.257. The summed E-state index contributed by atoms with van der Waals surface area (Å²) in [6, 6.07) is 21.7. The predicted octanol–water partition coefficient (Wildman–Crippen LogP) is 9.44. The highest BCUT2D eigenvalue weighted by atomic mass is 35.5. The van der Waals surface area contributed by atoms with Crippen molar-refractivity contribution in [2.75, 3.05) is 7.05 Å². The third-order valence-corrected chi connectivity index (χ3v) is 8.35. The van der Waals surface area contributed by atoms with Crippen molar-refractivity contribution in [3.8, 4) is 0 Å². The van der Waals surface area contributed by atoms with Crippen molar-refractivity contribution in [2.24, 2.45) is 16.8 Å². The molecule has 0 aliphatic heterocycles. The van der Waals surface area contributed by atoms with Crippen molar-refractivity contribution >= 4 is 45.2 Å². The molecule has 1 heterocycles. The lowest BCUT2D eigenvalue weighted by atomic mass is 9.80. The van der Waals surface area contributed by atoms with Gasteiger partial charge in [0.15, 0.2) is 5.84 Å². The fourth-order valence-electron chi connectivity index (χ4n) is 5.72. The zero-order chi connectivity index (χ0) is 28.2. The number of rotatable bonds is 5. The largest absolute Gasteiger partial charge is 0.456 e. The summed E-state index contributed by atoms with van der Waals surface area (Å²) < 4.78 is 6.24. The van der Waals surface area contributed by atoms with Crippen LogP contribution >= 0.6 is 11.6 Å². The van der Waals surface area contributed by atoms with Crippen LogP contribution in [0.2, 0.25) is 5.02 Å². The molecule has 204 valence electrons. The third kappa shape index (κ3) is 5.68. The Balaban J connectivity index is 1.71. The lowest BCUT2D eigenvalue weighted by Gasteiger charge is -2.39. The van der Waals surface area contributed by atoms with E-state index in [4.69, 9.17) is 26.4 Å². The summed E-state index contributed by atoms with van der Waals surface area (Å²) in [5.74, 6) is 1.87. The Bertz CT molecular complexity index is 1630. The number of hydrogen-bond acceptors (Lipinski definition) is 2. The number of aliphatic imine (C=N–C) groups is 1. The molecule has 4 nitrogen and oxygen atoms in total. The van der Waals surface area contributed by atoms with Gasteiger partial charge in [0, 0.05) is 46.1 Å². The van der Waals surface area contributed by atoms with E-state index in [0.717, 1.165) is 63.7 Å². The SMILES string of the molecule is C=C1/C=C\C[C@@H]([C@@H](C)CC)[C@H](N(C)/C(=N\C(=N)c2ccccc2)c2cccc3oc4cc(Cl)ccc4c23)C/C=C\1. The van der Waals surface area contributed by atoms with Gasteiger partial charge in [-0.05, 0) is 48.4 Å². The first-order valence-electron chi connectivity index (χ1n) is 14.0. The normalized spacial score (nSPS) is 20.5. The number of nitrogens with one attached hydrogen (secondary N) is 1. The Morgan fingerprint density at radius 1 is 1.05 bits per heavy atom. The Morgan fingerprint density at radius 3 is 2.55 bits per heavy atom. The second-order valence-corrected chi connectivity index (χ2v) is 11.1. The molecule has 3 atom stereocenters. The van der Waals surface area contributed by atoms with E-state index in [9.17, 15) is 0 Å². The Morgan fingerprint density at radius 2 is 1.80 bits per heavy atom. The van der Waals surface area contributed by atoms with Crippen LogP contribution in [0.4, 0.5) is 0 Å². The zero-order valence-corrected chi connectivity index (χ0v) is 24.2. The summed E-state index contributed by atoms with van der Waals surface area (Å²) in [6.07, 6.45) is 11.6. The van der Waals surface area contributed by atoms with Gasteiger partial charge in [0.1, 0.15) is 17.0 Å². The third-order valence-electron chi connectivity index (χ3n) is 8.12. The molecule has 1 N–H and O–H groups in total. The highest BCUT2D eigenvalue weighted by Crippen LogP contribution is 2.36. The van der Waals surface area contributed by atoms with Crippen molar-refractivity contribution in [2.45, 2.75) is 39.2 Å². The molecule has 5 rings (SSSR count). The van der Waals surface area contributed by atoms with Gasteiger partial charge in [0.2, 0.25) is 0 Å². The standard InChI is InChI=1S/C35H36ClN3O/c1-5-24(3)27-16-9-12-23(2)13-10-18-30(27)39(4)35(38-34(37)25-14-7-6-8-15-25)29-17-11-19-31-33(29)28-21-20-26(36)22-32(28)40-31/h6-15,17,19-22,24,27,30,37H,2,5,16,18H2,1,3-4H3/b12-9-,13-10-,37-34?,38-35-/t24-,27-,30+/m0/s1. The lowest BCUT2D eigenvalue weighted by molar-refractivity contribution is 0.196. The number of allylic oxidation sites excluding steroid dienone is 4. The van der Waals surface area contributed by atoms with Gasteiger partial charge in [0.05, 0.1) is 0 Å². The predicted molar refractivity (Wildman–Crippen MR) is 170 cm³/mol. The molecular formula is C35H36ClN3O. The number of benzene rings is 3. The lowest BCUT2D eigenvalue weighted by Crippen LogP contribution is -2.44. The first-order valence-corrected chi connectivity index (χ1v) is 14.3. The monoisotopic (exact) mass is 549 g/mol. The second kappa shape index (κ2) is 12.1. The fourth-order valence-corrected chi connectivity index (χ4v) is 5.88. The highest BCUT2D eigenvalue weighted by molar-refractivity contribution is 6.31. The Labute approximate surface area is 241 Å². The molecule has 0 bridgehead atoms. The van der Waals surface area contributed by atoms with Crippen LogP contribution < -0.4 is 0 Å². The minimum atomic E-state index is 0.159. The van der Waals surface area contributed by atoms with E-state index >= 15 is 0 Å². The summed E-state index contributed by atoms with van der Waals surface area (Å²) in [4.78, 5) is 7.35. The molecule has 1 aromatic heterocycles. The van der Waals surface area contributed by atoms with Crippen molar-refractivity contribution in [3.05, 3.63) is 119 Å². The van der Waals surface area contributed by atoms with E-state index in [1.807, 2.05) is 60.7 Å². The molecule has 0 unspecified atom stereocenters. The molecule has 0 saturated heterocycles. The molecule has 0 spiro atoms. The van der Waals surface area contributed by atoms with Gasteiger partial charge < -0.3 is 9.32 Å². The van der Waals surface area contributed by atoms with Crippen LogP contribution in [-0.2, 0) is 0 Å². The van der Waals surface area contributed by atoms with Crippen molar-refractivity contribution in [1.82, 2.24) is 4.90 Å². The molecule has 0 saturated carbocycles. The van der Waals surface area contributed by atoms with Crippen molar-refractivity contribution < 1.29 is 4.42 Å². The van der Waals surface area contributed by atoms with Crippen LogP contribution in [0.3, 0.4) is 0 Å². The maximum Gasteiger partial charge on any atom is 0.154 e. The molecule has 0 radical (unpaired) electrons. The molecular weight excluding hydrogens is 514 g/mol. The number of amidine groups is 2. The summed E-state index contributed by atoms with van der Waals surface area (Å²) in [6.45, 7) is 8.78. The van der Waals surface area contributed by atoms with E-state index in [-0.39, 0.29) is 11.9 Å². The number of nitrogens with zero attached hydrogens (tertiary/aromatic N) is 2. The smallest absolute Gasteiger partial charge is 0.154 e. The van der Waals surface area contributed by atoms with Crippen molar-refractivity contribution in [1.29, 1.82) is 5.41 Å². The van der Waals surface area contributed by atoms with Gasteiger partial charge in [0.25, 0.3) is 0 Å². The summed E-state index contributed by atoms with van der Waals surface area (Å²) in [5.41, 5.74) is 4.24. The first kappa shape index (κ1) is 27.7. The average molecular weight is 550 g/mol. The van der Waals surface area contributed by atoms with Crippen LogP contribution in [0.5, 0.6) is 0 Å². The zero-order valence-electron chi connectivity index (χ0n) is 23.4. The van der Waals surface area contributed by atoms with Gasteiger partial charge in [-0.15, -0.1) is 0 Å². The maximum atomic E-state index is 9.00. The van der Waals surface area contributed by atoms with Gasteiger partial charge >= 0.3 is 0 Å². The maximum absolute atomic E-state index is 9.00. The summed E-state index contributed by atoms with van der Waals surface area (Å²) >= 11 is 6.31. The molecule has 0 fully saturated rings. The highest BCUT2D eigenvalue weighted by Gasteiger charge is 2.31. The average Bonchev–Trinajstić information content (AvgIpc) is 3.37. The number of furan rings is 1. The van der Waals surface area contributed by atoms with E-state index in [1.165, 1.54) is 0 Å². The van der Waals surface area contributed by atoms with Gasteiger partial charge in [-0.2, -0.15) is 0 Å². The van der Waals surface area contributed by atoms with Gasteiger partial charge in [-0.3, -0.25) is 5.41 Å². The van der Waals surface area contributed by atoms with E-state index in [2.05, 4.69) is 62.7 Å². The van der Waals surface area contributed by atoms with Gasteiger partial charge in [-0.1, -0.05) is 105 Å². The Hall–Kier alpha value is -3.89. The number of hydrogen-bond donors (Lipinski definition) is 1. The molecule has 3 aromatic carbocycles. The number of halogens is 1. The van der Waals surface area contributed by atoms with Crippen LogP contribution in [0.15, 0.2) is 113 Å². The quantitative estimate of drug-likeness (QED) is 0.199. The summed E-state index contributed by atoms with van der Waals surface area (Å²) in [5, 5.41) is 11.6. The van der Waals surface area contributed by atoms with Crippen LogP contribution in [0.1, 0.15) is 44.2 Å². The molecule has 40 heavy (non-hydrogen) atoms. The first-order chi connectivity index (χ1) is 19.4. The molecule has 0 amide bonds. The molecule has 1 aliphatic carbocycles. The van der Waals surface area contributed by atoms with Crippen molar-refractivity contribution in [3.63, 3.8) is 0 Å². The van der Waals surface area contributed by atoms with Crippen LogP contribution in [0.25, 0.3) is 21.9 Å². The van der Waals surface area contributed by atoms with Crippen LogP contribution in [-0.4, -0.2) is 29.7 Å². The van der Waals surface area contributed by atoms with Crippen LogP contribution in [0, 0.1) is 17.2 Å². The minimum absolute atomic E-state index is 0.159. The molecule has 4 aromatic rings. The van der Waals surface area contributed by atoms with E-state index in [1.54, 1.807) is 0 Å². The number of fused-ring (bicyclic) bond motifs is 3. The second-order valence-electron chi connectivity index (χ2n) is 10.6. The van der Waals surface area contributed by atoms with E-state index in [0.29, 0.717) is 16.9 Å². The summed E-state index contributed by atoms with van der Waals surface area (Å²) in [7, 11) is 2.12. The minimum Gasteiger partial charge on any atom is -0.456 e. The topological polar surface area (TPSA) is 52.6 Å². The van der Waals surface area contributed by atoms with Gasteiger partial charge in [-0.25, -0.2) is 4.99 Å². The molecule has 1 aliphatic rings. The Kier molecular flexibility index (Phi) is 8.37. The van der Waals surface area contributed by atoms with E-state index < -0.39 is 0 Å².